The molecule has 0 radical (unpaired) electrons. The zero-order chi connectivity index (χ0) is 14.8. The Morgan fingerprint density at radius 2 is 2.00 bits per heavy atom. The molecule has 2 N–H and O–H groups in total. The van der Waals surface area contributed by atoms with Crippen molar-refractivity contribution in [2.24, 2.45) is 11.1 Å². The summed E-state index contributed by atoms with van der Waals surface area (Å²) < 4.78 is 0. The SMILES string of the molecule is CN(CC1CCCN1C)C(=O)C1(C(N)=S)CCCCC1. The molecule has 20 heavy (non-hydrogen) atoms. The minimum atomic E-state index is -0.570. The first-order chi connectivity index (χ1) is 9.47. The molecular weight excluding hydrogens is 270 g/mol. The van der Waals surface area contributed by atoms with E-state index in [0.717, 1.165) is 38.8 Å². The van der Waals surface area contributed by atoms with Gasteiger partial charge in [-0.05, 0) is 39.3 Å². The largest absolute Gasteiger partial charge is 0.392 e. The van der Waals surface area contributed by atoms with E-state index in [1.165, 1.54) is 19.3 Å². The quantitative estimate of drug-likeness (QED) is 0.804. The number of carbonyl (C=O) groups excluding carboxylic acids is 1. The molecule has 1 aliphatic carbocycles. The van der Waals surface area contributed by atoms with Crippen molar-refractivity contribution in [2.75, 3.05) is 27.2 Å². The highest BCUT2D eigenvalue weighted by molar-refractivity contribution is 7.80. The van der Waals surface area contributed by atoms with Gasteiger partial charge in [0.2, 0.25) is 5.91 Å². The number of amides is 1. The third-order valence-electron chi connectivity index (χ3n) is 5.09. The van der Waals surface area contributed by atoms with Crippen LogP contribution in [-0.2, 0) is 4.79 Å². The summed E-state index contributed by atoms with van der Waals surface area (Å²) in [6.07, 6.45) is 7.35. The molecular formula is C15H27N3OS. The molecule has 0 aromatic rings. The van der Waals surface area contributed by atoms with E-state index >= 15 is 0 Å². The average Bonchev–Trinajstić information content (AvgIpc) is 2.84. The molecule has 0 aromatic heterocycles. The van der Waals surface area contributed by atoms with Gasteiger partial charge in [-0.3, -0.25) is 4.79 Å². The fraction of sp³-hybridized carbons (Fsp3) is 0.867. The maximum atomic E-state index is 12.9. The van der Waals surface area contributed by atoms with Crippen molar-refractivity contribution in [3.63, 3.8) is 0 Å². The van der Waals surface area contributed by atoms with E-state index in [2.05, 4.69) is 11.9 Å². The van der Waals surface area contributed by atoms with E-state index in [1.54, 1.807) is 0 Å². The summed E-state index contributed by atoms with van der Waals surface area (Å²) in [5.41, 5.74) is 5.38. The summed E-state index contributed by atoms with van der Waals surface area (Å²) >= 11 is 5.25. The third kappa shape index (κ3) is 2.98. The van der Waals surface area contributed by atoms with Gasteiger partial charge in [0.1, 0.15) is 0 Å². The van der Waals surface area contributed by atoms with Gasteiger partial charge in [-0.15, -0.1) is 0 Å². The molecule has 4 nitrogen and oxygen atoms in total. The van der Waals surface area contributed by atoms with Crippen LogP contribution in [0.15, 0.2) is 0 Å². The lowest BCUT2D eigenvalue weighted by molar-refractivity contribution is -0.139. The summed E-state index contributed by atoms with van der Waals surface area (Å²) in [6, 6.07) is 0.482. The highest BCUT2D eigenvalue weighted by atomic mass is 32.1. The monoisotopic (exact) mass is 297 g/mol. The Bertz CT molecular complexity index is 379. The molecule has 5 heteroatoms. The lowest BCUT2D eigenvalue weighted by Crippen LogP contribution is -2.52. The Kier molecular flexibility index (Phi) is 5.02. The summed E-state index contributed by atoms with van der Waals surface area (Å²) in [5, 5.41) is 0. The zero-order valence-electron chi connectivity index (χ0n) is 12.7. The molecule has 1 saturated heterocycles. The van der Waals surface area contributed by atoms with Crippen LogP contribution >= 0.6 is 12.2 Å². The Morgan fingerprint density at radius 1 is 1.35 bits per heavy atom. The molecule has 1 saturated carbocycles. The summed E-state index contributed by atoms with van der Waals surface area (Å²) in [6.45, 7) is 1.92. The van der Waals surface area contributed by atoms with Gasteiger partial charge in [-0.25, -0.2) is 0 Å². The number of carbonyl (C=O) groups is 1. The highest BCUT2D eigenvalue weighted by Crippen LogP contribution is 2.38. The number of nitrogens with zero attached hydrogens (tertiary/aromatic N) is 2. The van der Waals surface area contributed by atoms with Gasteiger partial charge in [-0.2, -0.15) is 0 Å². The number of thiocarbonyl (C=S) groups is 1. The van der Waals surface area contributed by atoms with Crippen molar-refractivity contribution in [3.8, 4) is 0 Å². The first-order valence-corrected chi connectivity index (χ1v) is 8.14. The van der Waals surface area contributed by atoms with Crippen molar-refractivity contribution in [3.05, 3.63) is 0 Å². The molecule has 2 aliphatic rings. The lowest BCUT2D eigenvalue weighted by Gasteiger charge is -2.39. The van der Waals surface area contributed by atoms with E-state index < -0.39 is 5.41 Å². The van der Waals surface area contributed by atoms with Crippen LogP contribution in [0.5, 0.6) is 0 Å². The minimum Gasteiger partial charge on any atom is -0.392 e. The highest BCUT2D eigenvalue weighted by Gasteiger charge is 2.44. The standard InChI is InChI=1S/C15H27N3OS/c1-17-10-6-7-12(17)11-18(2)14(19)15(13(16)20)8-4-3-5-9-15/h12H,3-11H2,1-2H3,(H2,16,20). The number of hydrogen-bond acceptors (Lipinski definition) is 3. The predicted molar refractivity (Wildman–Crippen MR) is 85.6 cm³/mol. The van der Waals surface area contributed by atoms with Crippen LogP contribution in [0.1, 0.15) is 44.9 Å². The number of likely N-dealkylation sites (N-methyl/N-ethyl adjacent to an activating group) is 2. The third-order valence-corrected chi connectivity index (χ3v) is 5.48. The van der Waals surface area contributed by atoms with Gasteiger partial charge in [0.15, 0.2) is 0 Å². The molecule has 0 aromatic carbocycles. The first-order valence-electron chi connectivity index (χ1n) is 7.73. The molecule has 1 unspecified atom stereocenters. The van der Waals surface area contributed by atoms with E-state index in [9.17, 15) is 4.79 Å². The Hall–Kier alpha value is -0.680. The van der Waals surface area contributed by atoms with Gasteiger partial charge in [0, 0.05) is 19.6 Å². The Balaban J connectivity index is 2.05. The van der Waals surface area contributed by atoms with Gasteiger partial charge >= 0.3 is 0 Å². The van der Waals surface area contributed by atoms with Gasteiger partial charge in [0.05, 0.1) is 10.4 Å². The van der Waals surface area contributed by atoms with Gasteiger partial charge < -0.3 is 15.5 Å². The van der Waals surface area contributed by atoms with Gasteiger partial charge in [-0.1, -0.05) is 31.5 Å². The molecule has 1 aliphatic heterocycles. The smallest absolute Gasteiger partial charge is 0.235 e. The summed E-state index contributed by atoms with van der Waals surface area (Å²) in [7, 11) is 4.04. The predicted octanol–water partition coefficient (Wildman–Crippen LogP) is 1.78. The molecule has 1 amide bonds. The van der Waals surface area contributed by atoms with Crippen LogP contribution in [0, 0.1) is 5.41 Å². The lowest BCUT2D eigenvalue weighted by atomic mass is 9.73. The van der Waals surface area contributed by atoms with Crippen LogP contribution in [0.3, 0.4) is 0 Å². The molecule has 2 rings (SSSR count). The topological polar surface area (TPSA) is 49.6 Å². The minimum absolute atomic E-state index is 0.144. The molecule has 0 spiro atoms. The number of likely N-dealkylation sites (tertiary alicyclic amines) is 1. The molecule has 114 valence electrons. The van der Waals surface area contributed by atoms with Gasteiger partial charge in [0.25, 0.3) is 0 Å². The van der Waals surface area contributed by atoms with E-state index in [1.807, 2.05) is 11.9 Å². The van der Waals surface area contributed by atoms with E-state index in [4.69, 9.17) is 18.0 Å². The molecule has 0 bridgehead atoms. The summed E-state index contributed by atoms with van der Waals surface area (Å²) in [5.74, 6) is 0.144. The normalized spacial score (nSPS) is 26.4. The number of rotatable bonds is 4. The summed E-state index contributed by atoms with van der Waals surface area (Å²) in [4.78, 5) is 17.5. The van der Waals surface area contributed by atoms with Crippen LogP contribution in [0.2, 0.25) is 0 Å². The van der Waals surface area contributed by atoms with Crippen LogP contribution in [-0.4, -0.2) is 53.9 Å². The second-order valence-electron chi connectivity index (χ2n) is 6.47. The Labute approximate surface area is 127 Å². The second kappa shape index (κ2) is 6.39. The maximum absolute atomic E-state index is 12.9. The Morgan fingerprint density at radius 3 is 2.50 bits per heavy atom. The molecule has 1 atom stereocenters. The van der Waals surface area contributed by atoms with Crippen LogP contribution < -0.4 is 5.73 Å². The van der Waals surface area contributed by atoms with Crippen LogP contribution in [0.4, 0.5) is 0 Å². The average molecular weight is 297 g/mol. The maximum Gasteiger partial charge on any atom is 0.235 e. The van der Waals surface area contributed by atoms with E-state index in [0.29, 0.717) is 11.0 Å². The van der Waals surface area contributed by atoms with Crippen molar-refractivity contribution >= 4 is 23.1 Å². The second-order valence-corrected chi connectivity index (χ2v) is 6.91. The van der Waals surface area contributed by atoms with Crippen LogP contribution in [0.25, 0.3) is 0 Å². The molecule has 1 heterocycles. The van der Waals surface area contributed by atoms with Crippen molar-refractivity contribution in [1.29, 1.82) is 0 Å². The van der Waals surface area contributed by atoms with Crippen molar-refractivity contribution < 1.29 is 4.79 Å². The number of nitrogens with two attached hydrogens (primary N) is 1. The number of hydrogen-bond donors (Lipinski definition) is 1. The van der Waals surface area contributed by atoms with Crippen molar-refractivity contribution in [2.45, 2.75) is 51.0 Å². The fourth-order valence-corrected chi connectivity index (χ4v) is 3.99. The zero-order valence-corrected chi connectivity index (χ0v) is 13.5. The molecule has 2 fully saturated rings. The van der Waals surface area contributed by atoms with E-state index in [-0.39, 0.29) is 5.91 Å². The van der Waals surface area contributed by atoms with Crippen molar-refractivity contribution in [1.82, 2.24) is 9.80 Å². The first kappa shape index (κ1) is 15.7. The fourth-order valence-electron chi connectivity index (χ4n) is 3.70.